The molecular formula is C14H15NO2S. The highest BCUT2D eigenvalue weighted by Gasteiger charge is 2.18. The number of hydrogen-bond donors (Lipinski definition) is 1. The van der Waals surface area contributed by atoms with Crippen LogP contribution in [0.15, 0.2) is 36.4 Å². The summed E-state index contributed by atoms with van der Waals surface area (Å²) >= 11 is 1.44. The fourth-order valence-electron chi connectivity index (χ4n) is 1.81. The van der Waals surface area contributed by atoms with Gasteiger partial charge in [-0.2, -0.15) is 0 Å². The van der Waals surface area contributed by atoms with Crippen LogP contribution in [-0.4, -0.2) is 13.1 Å². The lowest BCUT2D eigenvalue weighted by Crippen LogP contribution is -2.02. The average molecular weight is 261 g/mol. The van der Waals surface area contributed by atoms with Crippen molar-refractivity contribution in [3.8, 4) is 0 Å². The maximum Gasteiger partial charge on any atom is 0.340 e. The molecule has 1 atom stereocenters. The molecular weight excluding hydrogens is 246 g/mol. The fraction of sp³-hybridized carbons (Fsp3) is 0.214. The first-order valence-electron chi connectivity index (χ1n) is 5.66. The fourth-order valence-corrected chi connectivity index (χ4v) is 2.81. The Morgan fingerprint density at radius 3 is 2.61 bits per heavy atom. The van der Waals surface area contributed by atoms with Crippen molar-refractivity contribution in [3.63, 3.8) is 0 Å². The highest BCUT2D eigenvalue weighted by atomic mass is 32.1. The van der Waals surface area contributed by atoms with Crippen LogP contribution in [0.2, 0.25) is 0 Å². The van der Waals surface area contributed by atoms with Crippen molar-refractivity contribution in [3.05, 3.63) is 52.4 Å². The summed E-state index contributed by atoms with van der Waals surface area (Å²) in [5.41, 5.74) is 7.51. The Labute approximate surface area is 110 Å². The Bertz CT molecular complexity index is 548. The van der Waals surface area contributed by atoms with E-state index in [-0.39, 0.29) is 11.9 Å². The van der Waals surface area contributed by atoms with E-state index in [1.54, 1.807) is 0 Å². The molecule has 0 spiro atoms. The number of benzene rings is 1. The molecule has 0 radical (unpaired) electrons. The van der Waals surface area contributed by atoms with Gasteiger partial charge in [-0.05, 0) is 11.6 Å². The molecule has 0 amide bonds. The van der Waals surface area contributed by atoms with Gasteiger partial charge in [0, 0.05) is 10.8 Å². The molecule has 94 valence electrons. The number of esters is 1. The van der Waals surface area contributed by atoms with E-state index in [9.17, 15) is 4.79 Å². The Morgan fingerprint density at radius 2 is 2.00 bits per heavy atom. The zero-order valence-corrected chi connectivity index (χ0v) is 11.2. The highest BCUT2D eigenvalue weighted by molar-refractivity contribution is 7.16. The smallest absolute Gasteiger partial charge is 0.340 e. The molecule has 0 saturated carbocycles. The van der Waals surface area contributed by atoms with Gasteiger partial charge in [-0.3, -0.25) is 0 Å². The largest absolute Gasteiger partial charge is 0.465 e. The maximum atomic E-state index is 11.5. The zero-order chi connectivity index (χ0) is 13.1. The first-order chi connectivity index (χ1) is 8.63. The van der Waals surface area contributed by atoms with Crippen molar-refractivity contribution in [1.29, 1.82) is 0 Å². The summed E-state index contributed by atoms with van der Waals surface area (Å²) in [5.74, 6) is -0.160. The molecule has 0 fully saturated rings. The van der Waals surface area contributed by atoms with Crippen LogP contribution in [0.3, 0.4) is 0 Å². The average Bonchev–Trinajstić information content (AvgIpc) is 2.80. The van der Waals surface area contributed by atoms with Crippen LogP contribution < -0.4 is 5.73 Å². The second-order valence-corrected chi connectivity index (χ2v) is 5.17. The normalized spacial score (nSPS) is 12.1. The molecule has 0 aliphatic heterocycles. The third-order valence-corrected chi connectivity index (χ3v) is 4.06. The van der Waals surface area contributed by atoms with E-state index in [2.05, 4.69) is 19.1 Å². The van der Waals surface area contributed by atoms with Gasteiger partial charge in [-0.1, -0.05) is 37.3 Å². The Kier molecular flexibility index (Phi) is 3.67. The van der Waals surface area contributed by atoms with Gasteiger partial charge < -0.3 is 10.5 Å². The molecule has 3 nitrogen and oxygen atoms in total. The van der Waals surface area contributed by atoms with Gasteiger partial charge in [-0.25, -0.2) is 4.79 Å². The van der Waals surface area contributed by atoms with Gasteiger partial charge in [0.1, 0.15) is 5.00 Å². The predicted molar refractivity (Wildman–Crippen MR) is 74.0 cm³/mol. The Hall–Kier alpha value is -1.81. The lowest BCUT2D eigenvalue weighted by molar-refractivity contribution is 0.0602. The summed E-state index contributed by atoms with van der Waals surface area (Å²) in [6, 6.07) is 12.0. The molecule has 1 aromatic heterocycles. The molecule has 0 bridgehead atoms. The maximum absolute atomic E-state index is 11.5. The standard InChI is InChI=1S/C14H15NO2S/c1-9(10-6-4-3-5-7-10)12-8-11(13(15)18-12)14(16)17-2/h3-9H,15H2,1-2H3/t9-/m0/s1. The van der Waals surface area contributed by atoms with E-state index in [4.69, 9.17) is 10.5 Å². The van der Waals surface area contributed by atoms with Gasteiger partial charge in [0.2, 0.25) is 0 Å². The molecule has 0 unspecified atom stereocenters. The Morgan fingerprint density at radius 1 is 1.33 bits per heavy atom. The van der Waals surface area contributed by atoms with Crippen molar-refractivity contribution in [2.75, 3.05) is 12.8 Å². The Balaban J connectivity index is 2.32. The molecule has 4 heteroatoms. The first-order valence-corrected chi connectivity index (χ1v) is 6.47. The van der Waals surface area contributed by atoms with Crippen LogP contribution in [-0.2, 0) is 4.74 Å². The van der Waals surface area contributed by atoms with Gasteiger partial charge in [0.05, 0.1) is 12.7 Å². The van der Waals surface area contributed by atoms with E-state index in [1.165, 1.54) is 24.0 Å². The summed E-state index contributed by atoms with van der Waals surface area (Å²) in [4.78, 5) is 12.6. The molecule has 1 aromatic carbocycles. The molecule has 2 aromatic rings. The summed E-state index contributed by atoms with van der Waals surface area (Å²) in [7, 11) is 1.36. The SMILES string of the molecule is COC(=O)c1cc([C@@H](C)c2ccccc2)sc1N. The minimum atomic E-state index is -0.379. The lowest BCUT2D eigenvalue weighted by atomic mass is 9.99. The van der Waals surface area contributed by atoms with Crippen molar-refractivity contribution in [2.45, 2.75) is 12.8 Å². The number of nitrogens with two attached hydrogens (primary N) is 1. The number of methoxy groups -OCH3 is 1. The monoisotopic (exact) mass is 261 g/mol. The third kappa shape index (κ3) is 2.38. The summed E-state index contributed by atoms with van der Waals surface area (Å²) < 4.78 is 4.70. The number of carbonyl (C=O) groups is 1. The third-order valence-electron chi connectivity index (χ3n) is 2.91. The van der Waals surface area contributed by atoms with E-state index in [0.29, 0.717) is 10.6 Å². The van der Waals surface area contributed by atoms with E-state index < -0.39 is 0 Å². The number of hydrogen-bond acceptors (Lipinski definition) is 4. The van der Waals surface area contributed by atoms with Crippen LogP contribution in [0.5, 0.6) is 0 Å². The molecule has 18 heavy (non-hydrogen) atoms. The van der Waals surface area contributed by atoms with Crippen molar-refractivity contribution >= 4 is 22.3 Å². The summed E-state index contributed by atoms with van der Waals surface area (Å²) in [6.07, 6.45) is 0. The van der Waals surface area contributed by atoms with Crippen molar-refractivity contribution in [2.24, 2.45) is 0 Å². The van der Waals surface area contributed by atoms with Crippen LogP contribution in [0.25, 0.3) is 0 Å². The van der Waals surface area contributed by atoms with Crippen molar-refractivity contribution in [1.82, 2.24) is 0 Å². The zero-order valence-electron chi connectivity index (χ0n) is 10.3. The lowest BCUT2D eigenvalue weighted by Gasteiger charge is -2.08. The number of nitrogen functional groups attached to an aromatic ring is 1. The minimum absolute atomic E-state index is 0.219. The molecule has 2 N–H and O–H groups in total. The van der Waals surface area contributed by atoms with Gasteiger partial charge in [0.15, 0.2) is 0 Å². The molecule has 1 heterocycles. The molecule has 2 rings (SSSR count). The molecule has 0 saturated heterocycles. The van der Waals surface area contributed by atoms with Crippen LogP contribution in [0.4, 0.5) is 5.00 Å². The van der Waals surface area contributed by atoms with Crippen molar-refractivity contribution < 1.29 is 9.53 Å². The van der Waals surface area contributed by atoms with Gasteiger partial charge >= 0.3 is 5.97 Å². The second-order valence-electron chi connectivity index (χ2n) is 4.05. The minimum Gasteiger partial charge on any atom is -0.465 e. The molecule has 0 aliphatic carbocycles. The molecule has 0 aliphatic rings. The highest BCUT2D eigenvalue weighted by Crippen LogP contribution is 2.34. The van der Waals surface area contributed by atoms with Gasteiger partial charge in [-0.15, -0.1) is 11.3 Å². The van der Waals surface area contributed by atoms with E-state index in [1.807, 2.05) is 24.3 Å². The predicted octanol–water partition coefficient (Wildman–Crippen LogP) is 3.27. The second kappa shape index (κ2) is 5.23. The van der Waals surface area contributed by atoms with Crippen LogP contribution >= 0.6 is 11.3 Å². The van der Waals surface area contributed by atoms with E-state index in [0.717, 1.165) is 4.88 Å². The van der Waals surface area contributed by atoms with Gasteiger partial charge in [0.25, 0.3) is 0 Å². The number of thiophene rings is 1. The number of ether oxygens (including phenoxy) is 1. The van der Waals surface area contributed by atoms with Crippen LogP contribution in [0, 0.1) is 0 Å². The quantitative estimate of drug-likeness (QED) is 0.863. The first kappa shape index (κ1) is 12.6. The van der Waals surface area contributed by atoms with Crippen LogP contribution in [0.1, 0.15) is 33.6 Å². The summed E-state index contributed by atoms with van der Waals surface area (Å²) in [6.45, 7) is 2.10. The summed E-state index contributed by atoms with van der Waals surface area (Å²) in [5, 5.41) is 0.514. The number of anilines is 1. The van der Waals surface area contributed by atoms with E-state index >= 15 is 0 Å². The topological polar surface area (TPSA) is 52.3 Å². The number of rotatable bonds is 3. The number of carbonyl (C=O) groups excluding carboxylic acids is 1.